The Morgan fingerprint density at radius 1 is 0.949 bits per heavy atom. The third-order valence-corrected chi connectivity index (χ3v) is 6.78. The monoisotopic (exact) mass is 531 g/mol. The van der Waals surface area contributed by atoms with Crippen LogP contribution in [-0.2, 0) is 0 Å². The van der Waals surface area contributed by atoms with E-state index in [4.69, 9.17) is 5.73 Å². The van der Waals surface area contributed by atoms with E-state index >= 15 is 0 Å². The van der Waals surface area contributed by atoms with E-state index in [1.807, 2.05) is 67.6 Å². The van der Waals surface area contributed by atoms with Crippen LogP contribution in [0.15, 0.2) is 102 Å². The Labute approximate surface area is 229 Å². The van der Waals surface area contributed by atoms with Crippen LogP contribution in [0.5, 0.6) is 0 Å². The summed E-state index contributed by atoms with van der Waals surface area (Å²) < 4.78 is 38.5. The Hall–Kier alpha value is -4.06. The molecule has 0 spiro atoms. The molecule has 0 aliphatic heterocycles. The first-order valence-electron chi connectivity index (χ1n) is 13.0. The minimum atomic E-state index is -4.44. The highest BCUT2D eigenvalue weighted by molar-refractivity contribution is 6.09. The second-order valence-corrected chi connectivity index (χ2v) is 9.46. The molecule has 4 aromatic rings. The molecule has 0 aliphatic carbocycles. The molecule has 204 valence electrons. The maximum Gasteiger partial charge on any atom is 0.432 e. The van der Waals surface area contributed by atoms with Crippen molar-refractivity contribution in [2.75, 3.05) is 12.4 Å². The van der Waals surface area contributed by atoms with Crippen LogP contribution < -0.4 is 11.1 Å². The molecule has 0 amide bonds. The maximum absolute atomic E-state index is 12.8. The number of hydrogen-bond donors (Lipinski definition) is 2. The molecule has 0 heterocycles. The van der Waals surface area contributed by atoms with Crippen LogP contribution in [-0.4, -0.2) is 18.9 Å². The fourth-order valence-corrected chi connectivity index (χ4v) is 4.19. The Morgan fingerprint density at radius 2 is 1.59 bits per heavy atom. The van der Waals surface area contributed by atoms with Gasteiger partial charge in [0, 0.05) is 12.7 Å². The van der Waals surface area contributed by atoms with Crippen LogP contribution in [0.2, 0.25) is 0 Å². The smallest absolute Gasteiger partial charge is 0.386 e. The number of alkyl halides is 3. The van der Waals surface area contributed by atoms with Crippen molar-refractivity contribution in [3.63, 3.8) is 0 Å². The number of halogens is 3. The minimum Gasteiger partial charge on any atom is -0.386 e. The van der Waals surface area contributed by atoms with Gasteiger partial charge < -0.3 is 11.1 Å². The van der Waals surface area contributed by atoms with E-state index in [2.05, 4.69) is 48.4 Å². The van der Waals surface area contributed by atoms with E-state index in [0.29, 0.717) is 17.3 Å². The van der Waals surface area contributed by atoms with Crippen molar-refractivity contribution < 1.29 is 13.2 Å². The summed E-state index contributed by atoms with van der Waals surface area (Å²) in [6, 6.07) is 26.2. The quantitative estimate of drug-likeness (QED) is 0.192. The Morgan fingerprint density at radius 3 is 2.21 bits per heavy atom. The summed E-state index contributed by atoms with van der Waals surface area (Å²) >= 11 is 0. The average molecular weight is 532 g/mol. The highest BCUT2D eigenvalue weighted by Gasteiger charge is 2.33. The van der Waals surface area contributed by atoms with Crippen LogP contribution in [0.4, 0.5) is 18.9 Å². The molecular formula is C33H36F3N3. The predicted octanol–water partition coefficient (Wildman–Crippen LogP) is 9.46. The Kier molecular flexibility index (Phi) is 9.94. The third kappa shape index (κ3) is 7.73. The molecule has 4 aromatic carbocycles. The predicted molar refractivity (Wildman–Crippen MR) is 161 cm³/mol. The molecule has 3 nitrogen and oxygen atoms in total. The topological polar surface area (TPSA) is 50.4 Å². The lowest BCUT2D eigenvalue weighted by molar-refractivity contribution is -0.0577. The van der Waals surface area contributed by atoms with Crippen molar-refractivity contribution in [1.82, 2.24) is 0 Å². The maximum atomic E-state index is 12.8. The van der Waals surface area contributed by atoms with E-state index in [1.165, 1.54) is 12.0 Å². The van der Waals surface area contributed by atoms with Crippen molar-refractivity contribution in [3.05, 3.63) is 108 Å². The first-order valence-corrected chi connectivity index (χ1v) is 13.0. The van der Waals surface area contributed by atoms with Crippen molar-refractivity contribution >= 4 is 38.5 Å². The zero-order chi connectivity index (χ0) is 28.6. The van der Waals surface area contributed by atoms with Gasteiger partial charge in [-0.15, -0.1) is 0 Å². The summed E-state index contributed by atoms with van der Waals surface area (Å²) in [6.07, 6.45) is -0.336. The van der Waals surface area contributed by atoms with Crippen molar-refractivity contribution in [3.8, 4) is 0 Å². The number of fused-ring (bicyclic) bond motifs is 3. The van der Waals surface area contributed by atoms with Crippen molar-refractivity contribution in [1.29, 1.82) is 0 Å². The molecule has 0 fully saturated rings. The molecule has 0 saturated carbocycles. The van der Waals surface area contributed by atoms with Gasteiger partial charge in [0.25, 0.3) is 0 Å². The number of hydrogen-bond acceptors (Lipinski definition) is 3. The Balaban J connectivity index is 0.000000242. The molecule has 1 unspecified atom stereocenters. The fraction of sp³-hybridized carbons (Fsp3) is 0.242. The molecule has 39 heavy (non-hydrogen) atoms. The first-order chi connectivity index (χ1) is 18.6. The molecular weight excluding hydrogens is 495 g/mol. The van der Waals surface area contributed by atoms with Crippen LogP contribution >= 0.6 is 0 Å². The summed E-state index contributed by atoms with van der Waals surface area (Å²) in [5.74, 6) is 1.31. The molecule has 0 radical (unpaired) electrons. The normalized spacial score (nSPS) is 13.7. The van der Waals surface area contributed by atoms with Crippen LogP contribution in [0.1, 0.15) is 51.2 Å². The number of nitrogens with one attached hydrogen (secondary N) is 1. The molecule has 0 bridgehead atoms. The summed E-state index contributed by atoms with van der Waals surface area (Å²) in [5, 5.41) is 7.48. The SMILES string of the molecule is C/C=C(\N)Nc1ccc(C(C)CC)cc1.CN=C(/C=C(\C)c1ccc2c(ccc3ccccc32)c1)C(F)(F)F. The lowest BCUT2D eigenvalue weighted by atomic mass is 9.97. The molecule has 0 aliphatic rings. The number of allylic oxidation sites excluding steroid dienone is 3. The molecule has 0 aromatic heterocycles. The summed E-state index contributed by atoms with van der Waals surface area (Å²) in [4.78, 5) is 3.34. The van der Waals surface area contributed by atoms with Gasteiger partial charge in [-0.05, 0) is 94.8 Å². The van der Waals surface area contributed by atoms with Crippen molar-refractivity contribution in [2.24, 2.45) is 10.7 Å². The number of nitrogens with zero attached hydrogens (tertiary/aromatic N) is 1. The van der Waals surface area contributed by atoms with Gasteiger partial charge in [-0.25, -0.2) is 0 Å². The second kappa shape index (κ2) is 13.1. The van der Waals surface area contributed by atoms with Crippen LogP contribution in [0.25, 0.3) is 27.1 Å². The zero-order valence-electron chi connectivity index (χ0n) is 23.1. The van der Waals surface area contributed by atoms with Gasteiger partial charge >= 0.3 is 6.18 Å². The molecule has 1 atom stereocenters. The van der Waals surface area contributed by atoms with Gasteiger partial charge in [0.05, 0.1) is 5.82 Å². The average Bonchev–Trinajstić information content (AvgIpc) is 2.94. The highest BCUT2D eigenvalue weighted by atomic mass is 19.4. The minimum absolute atomic E-state index is 0.531. The number of anilines is 1. The summed E-state index contributed by atoms with van der Waals surface area (Å²) in [5.41, 5.74) is 8.50. The van der Waals surface area contributed by atoms with Gasteiger partial charge in [-0.3, -0.25) is 4.99 Å². The molecule has 0 saturated heterocycles. The van der Waals surface area contributed by atoms with Gasteiger partial charge in [0.2, 0.25) is 0 Å². The van der Waals surface area contributed by atoms with Gasteiger partial charge in [-0.2, -0.15) is 13.2 Å². The lowest BCUT2D eigenvalue weighted by Gasteiger charge is -2.10. The fourth-order valence-electron chi connectivity index (χ4n) is 4.19. The number of benzene rings is 4. The standard InChI is InChI=1S/C20H16F3N.C13H20N2/c1-13(11-19(24-2)20(21,22)23)15-9-10-18-16(12-15)8-7-14-5-3-4-6-17(14)18;1-4-10(3)11-6-8-12(9-7-11)15-13(14)5-2/h3-12H,1-2H3;5-10,15H,4,14H2,1-3H3/b13-11+,24-19?;13-5+. The van der Waals surface area contributed by atoms with Crippen LogP contribution in [0, 0.1) is 0 Å². The molecule has 6 heteroatoms. The largest absolute Gasteiger partial charge is 0.432 e. The number of nitrogens with two attached hydrogens (primary N) is 1. The van der Waals surface area contributed by atoms with E-state index < -0.39 is 11.9 Å². The van der Waals surface area contributed by atoms with Gasteiger partial charge in [0.15, 0.2) is 0 Å². The van der Waals surface area contributed by atoms with E-state index in [9.17, 15) is 13.2 Å². The second-order valence-electron chi connectivity index (χ2n) is 9.46. The lowest BCUT2D eigenvalue weighted by Crippen LogP contribution is -2.20. The highest BCUT2D eigenvalue weighted by Crippen LogP contribution is 2.29. The van der Waals surface area contributed by atoms with Crippen molar-refractivity contribution in [2.45, 2.75) is 46.2 Å². The van der Waals surface area contributed by atoms with E-state index in [1.54, 1.807) is 6.92 Å². The van der Waals surface area contributed by atoms with E-state index in [0.717, 1.165) is 45.9 Å². The first kappa shape index (κ1) is 29.5. The number of aliphatic imine (C=N–C) groups is 1. The van der Waals surface area contributed by atoms with Crippen LogP contribution in [0.3, 0.4) is 0 Å². The van der Waals surface area contributed by atoms with E-state index in [-0.39, 0.29) is 0 Å². The summed E-state index contributed by atoms with van der Waals surface area (Å²) in [6.45, 7) is 8.02. The zero-order valence-corrected chi connectivity index (χ0v) is 23.1. The van der Waals surface area contributed by atoms with Gasteiger partial charge in [-0.1, -0.05) is 74.5 Å². The summed E-state index contributed by atoms with van der Waals surface area (Å²) in [7, 11) is 1.15. The number of rotatable bonds is 6. The Bertz CT molecular complexity index is 1500. The molecule has 4 rings (SSSR count). The third-order valence-electron chi connectivity index (χ3n) is 6.78. The molecule has 3 N–H and O–H groups in total. The van der Waals surface area contributed by atoms with Gasteiger partial charge in [0.1, 0.15) is 5.71 Å².